The third kappa shape index (κ3) is 5.11. The van der Waals surface area contributed by atoms with Gasteiger partial charge in [-0.25, -0.2) is 0 Å². The van der Waals surface area contributed by atoms with Crippen LogP contribution in [-0.4, -0.2) is 54.5 Å². The topological polar surface area (TPSA) is 68.5 Å². The molecular weight excluding hydrogens is 210 g/mol. The SMILES string of the molecule is COCCOCC(O)CNc1cnn(C)c1. The van der Waals surface area contributed by atoms with Crippen LogP contribution in [0.25, 0.3) is 0 Å². The highest BCUT2D eigenvalue weighted by molar-refractivity contribution is 5.37. The van der Waals surface area contributed by atoms with Crippen molar-refractivity contribution >= 4 is 5.69 Å². The van der Waals surface area contributed by atoms with Crippen molar-refractivity contribution in [3.05, 3.63) is 12.4 Å². The lowest BCUT2D eigenvalue weighted by Crippen LogP contribution is -2.25. The molecule has 0 spiro atoms. The molecule has 2 N–H and O–H groups in total. The van der Waals surface area contributed by atoms with Crippen LogP contribution in [0.15, 0.2) is 12.4 Å². The molecule has 1 unspecified atom stereocenters. The summed E-state index contributed by atoms with van der Waals surface area (Å²) in [6.45, 7) is 1.79. The number of aliphatic hydroxyl groups is 1. The Morgan fingerprint density at radius 3 is 3.00 bits per heavy atom. The second kappa shape index (κ2) is 7.21. The number of nitrogens with one attached hydrogen (secondary N) is 1. The molecule has 1 aromatic heterocycles. The highest BCUT2D eigenvalue weighted by Gasteiger charge is 2.04. The molecule has 0 fully saturated rings. The maximum absolute atomic E-state index is 9.56. The summed E-state index contributed by atoms with van der Waals surface area (Å²) >= 11 is 0. The number of hydrogen-bond acceptors (Lipinski definition) is 5. The zero-order valence-corrected chi connectivity index (χ0v) is 9.72. The van der Waals surface area contributed by atoms with E-state index in [1.807, 2.05) is 13.2 Å². The van der Waals surface area contributed by atoms with E-state index in [0.29, 0.717) is 26.4 Å². The second-order valence-electron chi connectivity index (χ2n) is 3.51. The van der Waals surface area contributed by atoms with E-state index in [-0.39, 0.29) is 0 Å². The van der Waals surface area contributed by atoms with Gasteiger partial charge < -0.3 is 19.9 Å². The van der Waals surface area contributed by atoms with Gasteiger partial charge in [-0.2, -0.15) is 5.10 Å². The van der Waals surface area contributed by atoms with Crippen molar-refractivity contribution < 1.29 is 14.6 Å². The predicted molar refractivity (Wildman–Crippen MR) is 60.4 cm³/mol. The number of aryl methyl sites for hydroxylation is 1. The summed E-state index contributed by atoms with van der Waals surface area (Å²) in [4.78, 5) is 0. The zero-order chi connectivity index (χ0) is 11.8. The maximum Gasteiger partial charge on any atom is 0.0945 e. The van der Waals surface area contributed by atoms with E-state index in [2.05, 4.69) is 10.4 Å². The Morgan fingerprint density at radius 1 is 1.56 bits per heavy atom. The van der Waals surface area contributed by atoms with E-state index in [1.54, 1.807) is 18.0 Å². The summed E-state index contributed by atoms with van der Waals surface area (Å²) < 4.78 is 11.7. The van der Waals surface area contributed by atoms with Crippen LogP contribution in [0.4, 0.5) is 5.69 Å². The van der Waals surface area contributed by atoms with Crippen LogP contribution in [0.1, 0.15) is 0 Å². The molecule has 0 aliphatic rings. The lowest BCUT2D eigenvalue weighted by Gasteiger charge is -2.11. The lowest BCUT2D eigenvalue weighted by molar-refractivity contribution is 0.0182. The number of methoxy groups -OCH3 is 1. The number of aliphatic hydroxyl groups excluding tert-OH is 1. The Hall–Kier alpha value is -1.11. The third-order valence-electron chi connectivity index (χ3n) is 1.99. The van der Waals surface area contributed by atoms with Crippen LogP contribution in [0.5, 0.6) is 0 Å². The highest BCUT2D eigenvalue weighted by atomic mass is 16.5. The molecule has 1 heterocycles. The van der Waals surface area contributed by atoms with Gasteiger partial charge in [-0.3, -0.25) is 4.68 Å². The summed E-state index contributed by atoms with van der Waals surface area (Å²) in [7, 11) is 3.46. The number of aromatic nitrogens is 2. The fraction of sp³-hybridized carbons (Fsp3) is 0.700. The molecule has 1 aromatic rings. The third-order valence-corrected chi connectivity index (χ3v) is 1.99. The van der Waals surface area contributed by atoms with E-state index in [9.17, 15) is 5.11 Å². The van der Waals surface area contributed by atoms with Gasteiger partial charge >= 0.3 is 0 Å². The molecule has 0 radical (unpaired) electrons. The molecule has 0 saturated carbocycles. The fourth-order valence-electron chi connectivity index (χ4n) is 1.17. The molecule has 16 heavy (non-hydrogen) atoms. The Bertz CT molecular complexity index is 291. The number of rotatable bonds is 8. The van der Waals surface area contributed by atoms with E-state index >= 15 is 0 Å². The van der Waals surface area contributed by atoms with E-state index in [0.717, 1.165) is 5.69 Å². The smallest absolute Gasteiger partial charge is 0.0945 e. The second-order valence-corrected chi connectivity index (χ2v) is 3.51. The van der Waals surface area contributed by atoms with Gasteiger partial charge in [-0.05, 0) is 0 Å². The fourth-order valence-corrected chi connectivity index (χ4v) is 1.17. The quantitative estimate of drug-likeness (QED) is 0.607. The molecule has 1 rings (SSSR count). The van der Waals surface area contributed by atoms with Crippen molar-refractivity contribution in [1.29, 1.82) is 0 Å². The Balaban J connectivity index is 2.08. The van der Waals surface area contributed by atoms with Gasteiger partial charge in [0.1, 0.15) is 0 Å². The molecule has 6 nitrogen and oxygen atoms in total. The van der Waals surface area contributed by atoms with Crippen LogP contribution >= 0.6 is 0 Å². The van der Waals surface area contributed by atoms with E-state index in [1.165, 1.54) is 0 Å². The minimum atomic E-state index is -0.530. The van der Waals surface area contributed by atoms with Crippen molar-refractivity contribution in [2.45, 2.75) is 6.10 Å². The van der Waals surface area contributed by atoms with Crippen LogP contribution in [0, 0.1) is 0 Å². The van der Waals surface area contributed by atoms with E-state index in [4.69, 9.17) is 9.47 Å². The number of hydrogen-bond donors (Lipinski definition) is 2. The van der Waals surface area contributed by atoms with Gasteiger partial charge in [-0.1, -0.05) is 0 Å². The summed E-state index contributed by atoms with van der Waals surface area (Å²) in [5, 5.41) is 16.6. The molecular formula is C10H19N3O3. The Morgan fingerprint density at radius 2 is 2.38 bits per heavy atom. The molecule has 0 aromatic carbocycles. The Kier molecular flexibility index (Phi) is 5.84. The summed E-state index contributed by atoms with van der Waals surface area (Å²) in [6, 6.07) is 0. The van der Waals surface area contributed by atoms with Crippen molar-refractivity contribution in [3.63, 3.8) is 0 Å². The predicted octanol–water partition coefficient (Wildman–Crippen LogP) is -0.144. The van der Waals surface area contributed by atoms with Gasteiger partial charge in [0.15, 0.2) is 0 Å². The maximum atomic E-state index is 9.56. The first-order valence-corrected chi connectivity index (χ1v) is 5.19. The molecule has 0 bridgehead atoms. The van der Waals surface area contributed by atoms with Gasteiger partial charge in [0.2, 0.25) is 0 Å². The van der Waals surface area contributed by atoms with Gasteiger partial charge in [0.05, 0.1) is 37.8 Å². The van der Waals surface area contributed by atoms with Crippen molar-refractivity contribution in [3.8, 4) is 0 Å². The normalized spacial score (nSPS) is 12.7. The summed E-state index contributed by atoms with van der Waals surface area (Å²) in [5.74, 6) is 0. The minimum Gasteiger partial charge on any atom is -0.389 e. The Labute approximate surface area is 95.2 Å². The molecule has 1 atom stereocenters. The van der Waals surface area contributed by atoms with Crippen molar-refractivity contribution in [1.82, 2.24) is 9.78 Å². The number of ether oxygens (including phenoxy) is 2. The number of anilines is 1. The molecule has 0 aliphatic carbocycles. The summed E-state index contributed by atoms with van der Waals surface area (Å²) in [5.41, 5.74) is 0.887. The molecule has 92 valence electrons. The van der Waals surface area contributed by atoms with Gasteiger partial charge in [-0.15, -0.1) is 0 Å². The van der Waals surface area contributed by atoms with Gasteiger partial charge in [0, 0.05) is 26.9 Å². The molecule has 0 aliphatic heterocycles. The van der Waals surface area contributed by atoms with Gasteiger partial charge in [0.25, 0.3) is 0 Å². The van der Waals surface area contributed by atoms with Crippen LogP contribution < -0.4 is 5.32 Å². The largest absolute Gasteiger partial charge is 0.389 e. The monoisotopic (exact) mass is 229 g/mol. The van der Waals surface area contributed by atoms with Crippen LogP contribution in [-0.2, 0) is 16.5 Å². The number of nitrogens with zero attached hydrogens (tertiary/aromatic N) is 2. The highest BCUT2D eigenvalue weighted by Crippen LogP contribution is 2.02. The minimum absolute atomic E-state index is 0.302. The lowest BCUT2D eigenvalue weighted by atomic mass is 10.3. The van der Waals surface area contributed by atoms with E-state index < -0.39 is 6.10 Å². The van der Waals surface area contributed by atoms with Crippen molar-refractivity contribution in [2.24, 2.45) is 7.05 Å². The van der Waals surface area contributed by atoms with Crippen molar-refractivity contribution in [2.75, 3.05) is 38.8 Å². The standard InChI is InChI=1S/C10H19N3O3/c1-13-7-9(5-12-13)11-6-10(14)8-16-4-3-15-2/h5,7,10-11,14H,3-4,6,8H2,1-2H3. The van der Waals surface area contributed by atoms with Crippen LogP contribution in [0.2, 0.25) is 0 Å². The summed E-state index contributed by atoms with van der Waals surface area (Å²) in [6.07, 6.45) is 3.02. The molecule has 0 saturated heterocycles. The zero-order valence-electron chi connectivity index (χ0n) is 9.72. The first-order valence-electron chi connectivity index (χ1n) is 5.19. The molecule has 0 amide bonds. The average Bonchev–Trinajstić information content (AvgIpc) is 2.68. The first kappa shape index (κ1) is 13.0. The molecule has 6 heteroatoms. The average molecular weight is 229 g/mol. The first-order chi connectivity index (χ1) is 7.72. The van der Waals surface area contributed by atoms with Crippen LogP contribution in [0.3, 0.4) is 0 Å².